The average Bonchev–Trinajstić information content (AvgIpc) is 2.42. The van der Waals surface area contributed by atoms with Crippen LogP contribution in [-0.2, 0) is 0 Å². The molecule has 1 heterocycles. The summed E-state index contributed by atoms with van der Waals surface area (Å²) in [5.41, 5.74) is -0.579. The molecule has 0 aromatic carbocycles. The van der Waals surface area contributed by atoms with Gasteiger partial charge < -0.3 is 15.5 Å². The molecule has 0 saturated heterocycles. The van der Waals surface area contributed by atoms with Gasteiger partial charge in [-0.3, -0.25) is 10.1 Å². The first-order chi connectivity index (χ1) is 9.56. The molecule has 0 aliphatic carbocycles. The first-order valence-corrected chi connectivity index (χ1v) is 7.02. The van der Waals surface area contributed by atoms with Crippen molar-refractivity contribution in [1.29, 1.82) is 0 Å². The molecule has 3 N–H and O–H groups in total. The quantitative estimate of drug-likeness (QED) is 0.353. The Hall–Kier alpha value is -1.87. The molecule has 0 atom stereocenters. The van der Waals surface area contributed by atoms with E-state index in [0.29, 0.717) is 13.0 Å². The van der Waals surface area contributed by atoms with Gasteiger partial charge >= 0.3 is 5.97 Å². The number of aromatic carboxylic acids is 1. The van der Waals surface area contributed by atoms with Crippen LogP contribution in [0.15, 0.2) is 12.3 Å². The third-order valence-electron chi connectivity index (χ3n) is 2.30. The summed E-state index contributed by atoms with van der Waals surface area (Å²) in [4.78, 5) is 24.7. The van der Waals surface area contributed by atoms with E-state index in [2.05, 4.69) is 10.3 Å². The lowest BCUT2D eigenvalue weighted by atomic mass is 10.2. The summed E-state index contributed by atoms with van der Waals surface area (Å²) in [6.45, 7) is 0.634. The van der Waals surface area contributed by atoms with E-state index in [1.165, 1.54) is 0 Å². The molecule has 0 fully saturated rings. The van der Waals surface area contributed by atoms with Gasteiger partial charge in [0.2, 0.25) is 0 Å². The van der Waals surface area contributed by atoms with Crippen LogP contribution in [0.1, 0.15) is 16.8 Å². The number of carboxylic acids is 1. The van der Waals surface area contributed by atoms with Gasteiger partial charge in [0.1, 0.15) is 17.6 Å². The number of nitrogens with one attached hydrogen (secondary N) is 1. The number of aromatic nitrogens is 1. The van der Waals surface area contributed by atoms with Gasteiger partial charge in [-0.25, -0.2) is 9.78 Å². The maximum Gasteiger partial charge on any atom is 0.339 e. The number of carbonyl (C=O) groups is 1. The van der Waals surface area contributed by atoms with Gasteiger partial charge in [-0.15, -0.1) is 0 Å². The summed E-state index contributed by atoms with van der Waals surface area (Å²) in [6.07, 6.45) is 1.73. The lowest BCUT2D eigenvalue weighted by Gasteiger charge is -2.08. The predicted octanol–water partition coefficient (Wildman–Crippen LogP) is 1.22. The van der Waals surface area contributed by atoms with E-state index in [4.69, 9.17) is 10.2 Å². The average molecular weight is 301 g/mol. The standard InChI is InChI=1S/C11H15N3O5S/c15-3-1-4-20-5-2-12-10-9(11(16)17)6-8(7-13-10)14(18)19/h6-7,15H,1-5H2,(H,12,13)(H,16,17). The summed E-state index contributed by atoms with van der Waals surface area (Å²) in [5, 5.41) is 31.0. The second-order valence-corrected chi connectivity index (χ2v) is 4.99. The number of rotatable bonds is 9. The van der Waals surface area contributed by atoms with Gasteiger partial charge in [0.05, 0.1) is 4.92 Å². The van der Waals surface area contributed by atoms with Gasteiger partial charge in [-0.05, 0) is 12.2 Å². The van der Waals surface area contributed by atoms with E-state index < -0.39 is 10.9 Å². The molecule has 0 bridgehead atoms. The Balaban J connectivity index is 2.60. The summed E-state index contributed by atoms with van der Waals surface area (Å²) in [5.74, 6) is 0.387. The maximum atomic E-state index is 11.0. The van der Waals surface area contributed by atoms with Crippen molar-refractivity contribution in [2.45, 2.75) is 6.42 Å². The molecule has 0 aliphatic rings. The molecule has 8 nitrogen and oxygen atoms in total. The lowest BCUT2D eigenvalue weighted by molar-refractivity contribution is -0.385. The number of nitrogens with zero attached hydrogens (tertiary/aromatic N) is 2. The molecule has 0 amide bonds. The van der Waals surface area contributed by atoms with E-state index in [-0.39, 0.29) is 23.7 Å². The van der Waals surface area contributed by atoms with Crippen LogP contribution in [-0.4, -0.2) is 50.7 Å². The van der Waals surface area contributed by atoms with Crippen LogP contribution in [0.5, 0.6) is 0 Å². The molecule has 20 heavy (non-hydrogen) atoms. The van der Waals surface area contributed by atoms with Crippen molar-refractivity contribution in [2.75, 3.05) is 30.0 Å². The van der Waals surface area contributed by atoms with Crippen molar-refractivity contribution < 1.29 is 19.9 Å². The summed E-state index contributed by atoms with van der Waals surface area (Å²) in [7, 11) is 0. The number of pyridine rings is 1. The fourth-order valence-corrected chi connectivity index (χ4v) is 2.15. The van der Waals surface area contributed by atoms with Gasteiger partial charge in [0, 0.05) is 25.0 Å². The van der Waals surface area contributed by atoms with E-state index in [1.807, 2.05) is 0 Å². The highest BCUT2D eigenvalue weighted by Crippen LogP contribution is 2.19. The topological polar surface area (TPSA) is 126 Å². The van der Waals surface area contributed by atoms with E-state index in [0.717, 1.165) is 23.8 Å². The van der Waals surface area contributed by atoms with Crippen molar-refractivity contribution in [2.24, 2.45) is 0 Å². The lowest BCUT2D eigenvalue weighted by Crippen LogP contribution is -2.11. The third kappa shape index (κ3) is 5.02. The number of aliphatic hydroxyl groups is 1. The Morgan fingerprint density at radius 2 is 2.25 bits per heavy atom. The van der Waals surface area contributed by atoms with E-state index >= 15 is 0 Å². The number of aliphatic hydroxyl groups excluding tert-OH is 1. The molecule has 1 rings (SSSR count). The first kappa shape index (κ1) is 16.2. The molecule has 1 aromatic heterocycles. The molecule has 0 spiro atoms. The molecule has 0 aliphatic heterocycles. The fourth-order valence-electron chi connectivity index (χ4n) is 1.37. The minimum Gasteiger partial charge on any atom is -0.478 e. The van der Waals surface area contributed by atoms with E-state index in [9.17, 15) is 14.9 Å². The molecule has 9 heteroatoms. The maximum absolute atomic E-state index is 11.0. The Labute approximate surface area is 119 Å². The number of hydrogen-bond acceptors (Lipinski definition) is 7. The van der Waals surface area contributed by atoms with Crippen molar-refractivity contribution in [3.8, 4) is 0 Å². The summed E-state index contributed by atoms with van der Waals surface area (Å²) >= 11 is 1.61. The first-order valence-electron chi connectivity index (χ1n) is 5.86. The normalized spacial score (nSPS) is 10.2. The zero-order chi connectivity index (χ0) is 15.0. The van der Waals surface area contributed by atoms with Crippen molar-refractivity contribution >= 4 is 29.2 Å². The molecule has 1 aromatic rings. The SMILES string of the molecule is O=C(O)c1cc([N+](=O)[O-])cnc1NCCSCCCO. The zero-order valence-electron chi connectivity index (χ0n) is 10.6. The monoisotopic (exact) mass is 301 g/mol. The number of hydrogen-bond donors (Lipinski definition) is 3. The van der Waals surface area contributed by atoms with Crippen LogP contribution in [0, 0.1) is 10.1 Å². The fraction of sp³-hybridized carbons (Fsp3) is 0.455. The van der Waals surface area contributed by atoms with Crippen LogP contribution in [0.4, 0.5) is 11.5 Å². The molecule has 110 valence electrons. The number of anilines is 1. The van der Waals surface area contributed by atoms with Gasteiger partial charge in [0.25, 0.3) is 5.69 Å². The van der Waals surface area contributed by atoms with Crippen LogP contribution in [0.3, 0.4) is 0 Å². The highest BCUT2D eigenvalue weighted by molar-refractivity contribution is 7.99. The van der Waals surface area contributed by atoms with Crippen LogP contribution in [0.25, 0.3) is 0 Å². The van der Waals surface area contributed by atoms with Crippen molar-refractivity contribution in [3.63, 3.8) is 0 Å². The van der Waals surface area contributed by atoms with Crippen LogP contribution >= 0.6 is 11.8 Å². The van der Waals surface area contributed by atoms with Crippen LogP contribution in [0.2, 0.25) is 0 Å². The molecule has 0 unspecified atom stereocenters. The second-order valence-electron chi connectivity index (χ2n) is 3.77. The zero-order valence-corrected chi connectivity index (χ0v) is 11.4. The highest BCUT2D eigenvalue weighted by atomic mass is 32.2. The third-order valence-corrected chi connectivity index (χ3v) is 3.37. The predicted molar refractivity (Wildman–Crippen MR) is 75.4 cm³/mol. The minimum absolute atomic E-state index is 0.117. The number of nitro groups is 1. The largest absolute Gasteiger partial charge is 0.478 e. The van der Waals surface area contributed by atoms with Crippen LogP contribution < -0.4 is 5.32 Å². The Bertz CT molecular complexity index is 483. The smallest absolute Gasteiger partial charge is 0.339 e. The van der Waals surface area contributed by atoms with Gasteiger partial charge in [0.15, 0.2) is 0 Å². The minimum atomic E-state index is -1.27. The van der Waals surface area contributed by atoms with Crippen molar-refractivity contribution in [1.82, 2.24) is 4.98 Å². The Kier molecular flexibility index (Phi) is 6.74. The number of thioether (sulfide) groups is 1. The van der Waals surface area contributed by atoms with E-state index in [1.54, 1.807) is 11.8 Å². The Morgan fingerprint density at radius 3 is 2.85 bits per heavy atom. The van der Waals surface area contributed by atoms with Crippen molar-refractivity contribution in [3.05, 3.63) is 27.9 Å². The van der Waals surface area contributed by atoms with Gasteiger partial charge in [-0.1, -0.05) is 0 Å². The Morgan fingerprint density at radius 1 is 1.50 bits per heavy atom. The summed E-state index contributed by atoms with van der Waals surface area (Å²) < 4.78 is 0. The highest BCUT2D eigenvalue weighted by Gasteiger charge is 2.17. The molecule has 0 radical (unpaired) electrons. The second kappa shape index (κ2) is 8.33. The molecular formula is C11H15N3O5S. The number of carboxylic acid groups (broad SMARTS) is 1. The summed E-state index contributed by atoms with van der Waals surface area (Å²) in [6, 6.07) is 0.983. The molecular weight excluding hydrogens is 286 g/mol. The molecule has 0 saturated carbocycles. The van der Waals surface area contributed by atoms with Gasteiger partial charge in [-0.2, -0.15) is 11.8 Å².